The van der Waals surface area contributed by atoms with Gasteiger partial charge in [0.1, 0.15) is 0 Å². The largest absolute Gasteiger partial charge is 2.00 e. The molecule has 0 aromatic heterocycles. The van der Waals surface area contributed by atoms with Gasteiger partial charge < -0.3 is 9.84 Å². The Bertz CT molecular complexity index is 429. The summed E-state index contributed by atoms with van der Waals surface area (Å²) in [7, 11) is 0. The molecule has 4 heteroatoms. The molecule has 0 unspecified atom stereocenters. The zero-order valence-corrected chi connectivity index (χ0v) is 18.1. The minimum absolute atomic E-state index is 0. The zero-order chi connectivity index (χ0) is 19.7. The number of hydrogen-bond acceptors (Lipinski definition) is 3. The van der Waals surface area contributed by atoms with Crippen LogP contribution in [0.5, 0.6) is 0 Å². The van der Waals surface area contributed by atoms with Gasteiger partial charge in [-0.15, -0.1) is 5.92 Å². The van der Waals surface area contributed by atoms with E-state index in [4.69, 9.17) is 4.74 Å². The minimum Gasteiger partial charge on any atom is -0.466 e. The molecule has 2 aliphatic carbocycles. The fourth-order valence-corrected chi connectivity index (χ4v) is 2.61. The fourth-order valence-electron chi connectivity index (χ4n) is 2.61. The van der Waals surface area contributed by atoms with Gasteiger partial charge in [0.2, 0.25) is 0 Å². The summed E-state index contributed by atoms with van der Waals surface area (Å²) in [5.74, 6) is 7.89. The van der Waals surface area contributed by atoms with Crippen molar-refractivity contribution < 1.29 is 31.7 Å². The third kappa shape index (κ3) is 12.9. The molecule has 3 nitrogen and oxygen atoms in total. The maximum absolute atomic E-state index is 11.3. The van der Waals surface area contributed by atoms with Gasteiger partial charge in [-0.1, -0.05) is 25.7 Å². The van der Waals surface area contributed by atoms with Crippen LogP contribution in [0.4, 0.5) is 0 Å². The van der Waals surface area contributed by atoms with Crippen LogP contribution >= 0.6 is 0 Å². The number of carbonyl (C=O) groups excluding carboxylic acids is 1. The van der Waals surface area contributed by atoms with Gasteiger partial charge in [-0.3, -0.25) is 4.79 Å². The van der Waals surface area contributed by atoms with Crippen molar-refractivity contribution in [1.82, 2.24) is 0 Å². The van der Waals surface area contributed by atoms with Crippen molar-refractivity contribution in [3.63, 3.8) is 0 Å². The molecule has 2 fully saturated rings. The quantitative estimate of drug-likeness (QED) is 0.257. The number of aliphatic hydroxyl groups is 1. The van der Waals surface area contributed by atoms with E-state index in [1.807, 2.05) is 51.4 Å². The zero-order valence-electron chi connectivity index (χ0n) is 17.0. The third-order valence-corrected chi connectivity index (χ3v) is 4.06. The summed E-state index contributed by atoms with van der Waals surface area (Å²) >= 11 is 0. The molecule has 10 radical (unpaired) electrons. The number of hydrogen-bond donors (Lipinski definition) is 1. The first-order chi connectivity index (χ1) is 13.2. The number of esters is 1. The van der Waals surface area contributed by atoms with E-state index in [0.717, 1.165) is 24.7 Å². The van der Waals surface area contributed by atoms with Crippen LogP contribution in [-0.4, -0.2) is 23.8 Å². The minimum atomic E-state index is -0.565. The van der Waals surface area contributed by atoms with Crippen LogP contribution in [0.1, 0.15) is 58.8 Å². The monoisotopic (exact) mass is 424 g/mol. The molecule has 0 aliphatic heterocycles. The maximum Gasteiger partial charge on any atom is 2.00 e. The van der Waals surface area contributed by atoms with Crippen LogP contribution in [0.15, 0.2) is 0 Å². The summed E-state index contributed by atoms with van der Waals surface area (Å²) in [6.07, 6.45) is 21.2. The Morgan fingerprint density at radius 1 is 1.04 bits per heavy atom. The molecule has 0 aromatic carbocycles. The van der Waals surface area contributed by atoms with Crippen molar-refractivity contribution in [3.05, 3.63) is 63.2 Å². The van der Waals surface area contributed by atoms with Crippen molar-refractivity contribution >= 4 is 5.97 Å². The van der Waals surface area contributed by atoms with Gasteiger partial charge in [0.25, 0.3) is 0 Å². The number of aliphatic hydroxyl groups excluding tert-OH is 1. The smallest absolute Gasteiger partial charge is 0.466 e. The summed E-state index contributed by atoms with van der Waals surface area (Å²) in [5, 5.41) is 10.3. The van der Waals surface area contributed by atoms with E-state index >= 15 is 0 Å². The molecular formula is C24H32FeO3+2. The Labute approximate surface area is 184 Å². The molecule has 0 bridgehead atoms. The summed E-state index contributed by atoms with van der Waals surface area (Å²) in [4.78, 5) is 11.3. The first kappa shape index (κ1) is 27.5. The van der Waals surface area contributed by atoms with E-state index in [0.29, 0.717) is 25.9 Å². The molecule has 0 spiro atoms. The molecule has 0 aromatic rings. The molecule has 28 heavy (non-hydrogen) atoms. The summed E-state index contributed by atoms with van der Waals surface area (Å²) in [5.41, 5.74) is 0. The van der Waals surface area contributed by atoms with Crippen molar-refractivity contribution in [2.45, 2.75) is 64.9 Å². The second kappa shape index (κ2) is 18.5. The van der Waals surface area contributed by atoms with Gasteiger partial charge in [-0.05, 0) is 77.6 Å². The molecule has 0 saturated heterocycles. The molecular weight excluding hydrogens is 392 g/mol. The second-order valence-electron chi connectivity index (χ2n) is 6.33. The van der Waals surface area contributed by atoms with Crippen molar-refractivity contribution in [2.75, 3.05) is 6.61 Å². The van der Waals surface area contributed by atoms with Gasteiger partial charge >= 0.3 is 23.0 Å². The van der Waals surface area contributed by atoms with Crippen LogP contribution < -0.4 is 0 Å². The Balaban J connectivity index is 0.00000105. The molecule has 2 rings (SSSR count). The van der Waals surface area contributed by atoms with E-state index < -0.39 is 6.10 Å². The second-order valence-corrected chi connectivity index (χ2v) is 6.33. The van der Waals surface area contributed by atoms with Crippen LogP contribution in [0, 0.1) is 75.0 Å². The van der Waals surface area contributed by atoms with E-state index in [1.54, 1.807) is 6.92 Å². The number of ether oxygens (including phenoxy) is 1. The van der Waals surface area contributed by atoms with Crippen LogP contribution in [0.3, 0.4) is 0 Å². The molecule has 152 valence electrons. The summed E-state index contributed by atoms with van der Waals surface area (Å²) in [6.45, 7) is 4.37. The van der Waals surface area contributed by atoms with Crippen LogP contribution in [0.2, 0.25) is 0 Å². The third-order valence-electron chi connectivity index (χ3n) is 4.06. The summed E-state index contributed by atoms with van der Waals surface area (Å²) in [6, 6.07) is 0. The molecule has 2 aliphatic rings. The van der Waals surface area contributed by atoms with Gasteiger partial charge in [0.05, 0.1) is 18.6 Å². The average Bonchev–Trinajstić information content (AvgIpc) is 3.36. The average molecular weight is 424 g/mol. The number of unbranched alkanes of at least 4 members (excludes halogenated alkanes) is 3. The predicted octanol–water partition coefficient (Wildman–Crippen LogP) is 4.46. The Morgan fingerprint density at radius 3 is 2.32 bits per heavy atom. The van der Waals surface area contributed by atoms with E-state index in [-0.39, 0.29) is 23.0 Å². The maximum atomic E-state index is 11.3. The Kier molecular flexibility index (Phi) is 18.2. The van der Waals surface area contributed by atoms with Gasteiger partial charge in [0.15, 0.2) is 0 Å². The molecule has 0 amide bonds. The molecule has 0 heterocycles. The van der Waals surface area contributed by atoms with Gasteiger partial charge in [0, 0.05) is 18.8 Å². The van der Waals surface area contributed by atoms with Crippen molar-refractivity contribution in [1.29, 1.82) is 0 Å². The van der Waals surface area contributed by atoms with E-state index in [1.165, 1.54) is 12.8 Å². The molecule has 1 N–H and O–H groups in total. The SMILES string of the molecule is CCCCCC#C[C]1[CH][CH][CH][C]1[C@@H](O)CCCC(=O)OCC.[CH]1[CH][CH][CH][CH]1.[Fe+2]. The summed E-state index contributed by atoms with van der Waals surface area (Å²) < 4.78 is 4.88. The van der Waals surface area contributed by atoms with Gasteiger partial charge in [-0.2, -0.15) is 0 Å². The molecule has 2 saturated carbocycles. The standard InChI is InChI=1S/C19H27O3.C5H5.Fe/c1-3-5-6-7-8-11-16-12-9-13-17(16)18(20)14-10-15-19(21)22-4-2;1-2-4-5-3-1;/h9,12-13,18,20H,3-7,10,14-15H2,1-2H3;1-5H;/q;;+2/t18-;;/m0../s1. The normalized spacial score (nSPS) is 17.7. The Hall–Kier alpha value is -0.491. The number of carbonyl (C=O) groups is 1. The number of rotatable bonds is 9. The van der Waals surface area contributed by atoms with Crippen LogP contribution in [0.25, 0.3) is 0 Å². The molecule has 1 atom stereocenters. The van der Waals surface area contributed by atoms with E-state index in [2.05, 4.69) is 18.8 Å². The predicted molar refractivity (Wildman–Crippen MR) is 109 cm³/mol. The topological polar surface area (TPSA) is 46.5 Å². The first-order valence-corrected chi connectivity index (χ1v) is 9.93. The van der Waals surface area contributed by atoms with Crippen molar-refractivity contribution in [2.24, 2.45) is 0 Å². The fraction of sp³-hybridized carbons (Fsp3) is 0.458. The van der Waals surface area contributed by atoms with Crippen LogP contribution in [-0.2, 0) is 26.6 Å². The van der Waals surface area contributed by atoms with Crippen molar-refractivity contribution in [3.8, 4) is 11.8 Å². The van der Waals surface area contributed by atoms with E-state index in [9.17, 15) is 9.90 Å². The van der Waals surface area contributed by atoms with Gasteiger partial charge in [-0.25, -0.2) is 0 Å². The Morgan fingerprint density at radius 2 is 1.71 bits per heavy atom. The first-order valence-electron chi connectivity index (χ1n) is 9.93.